The van der Waals surface area contributed by atoms with Gasteiger partial charge in [0.25, 0.3) is 11.8 Å². The van der Waals surface area contributed by atoms with Gasteiger partial charge in [0, 0.05) is 42.9 Å². The molecule has 2 amide bonds. The highest BCUT2D eigenvalue weighted by Gasteiger charge is 2.46. The topological polar surface area (TPSA) is 86.9 Å². The van der Waals surface area contributed by atoms with E-state index in [4.69, 9.17) is 9.40 Å². The summed E-state index contributed by atoms with van der Waals surface area (Å²) in [6, 6.07) is 9.55. The number of amides is 2. The number of furan rings is 1. The van der Waals surface area contributed by atoms with Gasteiger partial charge in [-0.05, 0) is 62.4 Å². The molecule has 1 N–H and O–H groups in total. The second kappa shape index (κ2) is 8.75. The van der Waals surface area contributed by atoms with Crippen molar-refractivity contribution in [3.8, 4) is 11.3 Å². The number of aliphatic hydroxyl groups is 1. The maximum atomic E-state index is 13.4. The molecule has 0 spiro atoms. The lowest BCUT2D eigenvalue weighted by atomic mass is 9.79. The predicted molar refractivity (Wildman–Crippen MR) is 129 cm³/mol. The van der Waals surface area contributed by atoms with Crippen LogP contribution in [0.1, 0.15) is 62.1 Å². The zero-order valence-electron chi connectivity index (χ0n) is 20.3. The fourth-order valence-corrected chi connectivity index (χ4v) is 4.94. The summed E-state index contributed by atoms with van der Waals surface area (Å²) in [6.45, 7) is 7.09. The lowest BCUT2D eigenvalue weighted by Gasteiger charge is -2.45. The Hall–Kier alpha value is -3.26. The van der Waals surface area contributed by atoms with Gasteiger partial charge in [-0.15, -0.1) is 0 Å². The van der Waals surface area contributed by atoms with Crippen molar-refractivity contribution in [2.75, 3.05) is 19.6 Å². The summed E-state index contributed by atoms with van der Waals surface area (Å²) >= 11 is 0. The molecule has 3 heterocycles. The Labute approximate surface area is 203 Å². The summed E-state index contributed by atoms with van der Waals surface area (Å²) in [4.78, 5) is 34.2. The number of aromatic nitrogens is 1. The fourth-order valence-electron chi connectivity index (χ4n) is 4.94. The minimum Gasteiger partial charge on any atom is -0.449 e. The predicted octanol–water partition coefficient (Wildman–Crippen LogP) is 4.35. The van der Waals surface area contributed by atoms with Crippen LogP contribution in [0.4, 0.5) is 4.39 Å². The van der Waals surface area contributed by atoms with Crippen molar-refractivity contribution in [3.05, 3.63) is 53.5 Å². The number of piperazine rings is 1. The summed E-state index contributed by atoms with van der Waals surface area (Å²) < 4.78 is 19.4. The van der Waals surface area contributed by atoms with Crippen molar-refractivity contribution in [2.24, 2.45) is 0 Å². The zero-order valence-corrected chi connectivity index (χ0v) is 20.3. The van der Waals surface area contributed by atoms with E-state index >= 15 is 0 Å². The standard InChI is InChI=1S/C27H30FN3O4/c1-16(2)20-13-21(18-5-7-19(28)8-6-18)29-22-14-23(35-24(20)22)25(32)30-11-12-31(17(3)15-30)26(33)27(34)9-4-10-27/h5-8,13-14,16-17,34H,4,9-12,15H2,1-3H3/t17-/m0/s1. The number of fused-ring (bicyclic) bond motifs is 1. The van der Waals surface area contributed by atoms with E-state index in [9.17, 15) is 19.1 Å². The Bertz CT molecular complexity index is 1280. The Morgan fingerprint density at radius 1 is 1.17 bits per heavy atom. The number of nitrogens with zero attached hydrogens (tertiary/aromatic N) is 3. The molecule has 1 aliphatic carbocycles. The van der Waals surface area contributed by atoms with Gasteiger partial charge in [-0.1, -0.05) is 13.8 Å². The maximum absolute atomic E-state index is 13.4. The number of hydrogen-bond acceptors (Lipinski definition) is 5. The van der Waals surface area contributed by atoms with E-state index in [1.807, 2.05) is 26.8 Å². The highest BCUT2D eigenvalue weighted by atomic mass is 19.1. The van der Waals surface area contributed by atoms with E-state index in [-0.39, 0.29) is 35.4 Å². The minimum atomic E-state index is -1.24. The second-order valence-corrected chi connectivity index (χ2v) is 10.1. The van der Waals surface area contributed by atoms with Crippen molar-refractivity contribution in [3.63, 3.8) is 0 Å². The molecule has 0 bridgehead atoms. The average molecular weight is 480 g/mol. The van der Waals surface area contributed by atoms with Crippen LogP contribution in [0, 0.1) is 5.82 Å². The van der Waals surface area contributed by atoms with Gasteiger partial charge < -0.3 is 19.3 Å². The Morgan fingerprint density at radius 2 is 1.89 bits per heavy atom. The van der Waals surface area contributed by atoms with Crippen molar-refractivity contribution in [2.45, 2.75) is 57.6 Å². The quantitative estimate of drug-likeness (QED) is 0.601. The molecule has 1 atom stereocenters. The van der Waals surface area contributed by atoms with Crippen LogP contribution in [0.5, 0.6) is 0 Å². The Balaban J connectivity index is 1.40. The first kappa shape index (κ1) is 23.5. The van der Waals surface area contributed by atoms with E-state index in [1.54, 1.807) is 28.0 Å². The van der Waals surface area contributed by atoms with Gasteiger partial charge in [-0.3, -0.25) is 9.59 Å². The number of rotatable bonds is 4. The zero-order chi connectivity index (χ0) is 24.9. The third kappa shape index (κ3) is 4.20. The smallest absolute Gasteiger partial charge is 0.289 e. The van der Waals surface area contributed by atoms with Gasteiger partial charge in [0.15, 0.2) is 11.3 Å². The molecule has 0 radical (unpaired) electrons. The van der Waals surface area contributed by atoms with Gasteiger partial charge in [0.2, 0.25) is 0 Å². The van der Waals surface area contributed by atoms with Crippen LogP contribution >= 0.6 is 0 Å². The molecule has 1 saturated carbocycles. The second-order valence-electron chi connectivity index (χ2n) is 10.1. The normalized spacial score (nSPS) is 19.8. The molecule has 3 aromatic rings. The number of halogens is 1. The number of benzene rings is 1. The van der Waals surface area contributed by atoms with Crippen LogP contribution in [0.25, 0.3) is 22.4 Å². The van der Waals surface area contributed by atoms with Gasteiger partial charge >= 0.3 is 0 Å². The van der Waals surface area contributed by atoms with Crippen LogP contribution in [0.2, 0.25) is 0 Å². The first-order valence-electron chi connectivity index (χ1n) is 12.2. The molecule has 1 aromatic carbocycles. The molecular weight excluding hydrogens is 449 g/mol. The van der Waals surface area contributed by atoms with Crippen LogP contribution in [-0.2, 0) is 4.79 Å². The maximum Gasteiger partial charge on any atom is 0.289 e. The number of hydrogen-bond donors (Lipinski definition) is 1. The molecule has 2 fully saturated rings. The highest BCUT2D eigenvalue weighted by molar-refractivity contribution is 5.96. The molecule has 8 heteroatoms. The molecule has 35 heavy (non-hydrogen) atoms. The third-order valence-electron chi connectivity index (χ3n) is 7.23. The van der Waals surface area contributed by atoms with E-state index in [0.717, 1.165) is 17.5 Å². The minimum absolute atomic E-state index is 0.126. The summed E-state index contributed by atoms with van der Waals surface area (Å²) in [5.74, 6) is -0.461. The van der Waals surface area contributed by atoms with Crippen molar-refractivity contribution >= 4 is 22.9 Å². The molecule has 0 unspecified atom stereocenters. The van der Waals surface area contributed by atoms with Gasteiger partial charge in [-0.25, -0.2) is 9.37 Å². The van der Waals surface area contributed by atoms with Crippen LogP contribution in [-0.4, -0.2) is 63.0 Å². The first-order chi connectivity index (χ1) is 16.7. The summed E-state index contributed by atoms with van der Waals surface area (Å²) in [7, 11) is 0. The lowest BCUT2D eigenvalue weighted by molar-refractivity contribution is -0.164. The monoisotopic (exact) mass is 479 g/mol. The molecule has 2 aromatic heterocycles. The Kier molecular flexibility index (Phi) is 5.87. The highest BCUT2D eigenvalue weighted by Crippen LogP contribution is 2.35. The lowest BCUT2D eigenvalue weighted by Crippen LogP contribution is -2.62. The van der Waals surface area contributed by atoms with Gasteiger partial charge in [-0.2, -0.15) is 0 Å². The molecule has 184 valence electrons. The van der Waals surface area contributed by atoms with Crippen LogP contribution in [0.15, 0.2) is 40.8 Å². The number of carbonyl (C=O) groups excluding carboxylic acids is 2. The molecular formula is C27H30FN3O4. The molecule has 5 rings (SSSR count). The molecule has 1 aliphatic heterocycles. The van der Waals surface area contributed by atoms with Crippen molar-refractivity contribution in [1.29, 1.82) is 0 Å². The van der Waals surface area contributed by atoms with E-state index < -0.39 is 5.60 Å². The van der Waals surface area contributed by atoms with Gasteiger partial charge in [0.1, 0.15) is 16.9 Å². The number of pyridine rings is 1. The van der Waals surface area contributed by atoms with Gasteiger partial charge in [0.05, 0.1) is 5.69 Å². The van der Waals surface area contributed by atoms with E-state index in [0.29, 0.717) is 49.3 Å². The SMILES string of the molecule is CC(C)c1cc(-c2ccc(F)cc2)nc2cc(C(=O)N3CCN(C(=O)C4(O)CCC4)[C@@H](C)C3)oc12. The largest absolute Gasteiger partial charge is 0.449 e. The summed E-state index contributed by atoms with van der Waals surface area (Å²) in [6.07, 6.45) is 1.86. The van der Waals surface area contributed by atoms with Crippen molar-refractivity contribution in [1.82, 2.24) is 14.8 Å². The summed E-state index contributed by atoms with van der Waals surface area (Å²) in [5.41, 5.74) is 2.31. The van der Waals surface area contributed by atoms with E-state index in [1.165, 1.54) is 12.1 Å². The third-order valence-corrected chi connectivity index (χ3v) is 7.23. The van der Waals surface area contributed by atoms with Crippen LogP contribution in [0.3, 0.4) is 0 Å². The summed E-state index contributed by atoms with van der Waals surface area (Å²) in [5, 5.41) is 10.5. The van der Waals surface area contributed by atoms with E-state index in [2.05, 4.69) is 0 Å². The van der Waals surface area contributed by atoms with Crippen LogP contribution < -0.4 is 0 Å². The molecule has 2 aliphatic rings. The number of carbonyl (C=O) groups is 2. The fraction of sp³-hybridized carbons (Fsp3) is 0.444. The Morgan fingerprint density at radius 3 is 2.49 bits per heavy atom. The molecule has 7 nitrogen and oxygen atoms in total. The first-order valence-corrected chi connectivity index (χ1v) is 12.2. The molecule has 1 saturated heterocycles. The van der Waals surface area contributed by atoms with Crippen molar-refractivity contribution < 1.29 is 23.5 Å². The average Bonchev–Trinajstić information content (AvgIpc) is 3.25.